The van der Waals surface area contributed by atoms with E-state index in [1.807, 2.05) is 12.3 Å². The molecule has 0 fully saturated rings. The van der Waals surface area contributed by atoms with Gasteiger partial charge in [0.25, 0.3) is 0 Å². The SMILES string of the molecule is CCCCCCC(Cc1ccccn1)NCCC. The molecule has 1 N–H and O–H groups in total. The number of unbranched alkanes of at least 4 members (excludes halogenated alkanes) is 3. The number of pyridine rings is 1. The van der Waals surface area contributed by atoms with E-state index in [0.29, 0.717) is 6.04 Å². The molecule has 2 nitrogen and oxygen atoms in total. The van der Waals surface area contributed by atoms with Crippen LogP contribution in [-0.2, 0) is 6.42 Å². The maximum Gasteiger partial charge on any atom is 0.0419 e. The highest BCUT2D eigenvalue weighted by Crippen LogP contribution is 2.09. The second-order valence-electron chi connectivity index (χ2n) is 5.03. The summed E-state index contributed by atoms with van der Waals surface area (Å²) in [6, 6.07) is 6.79. The lowest BCUT2D eigenvalue weighted by Crippen LogP contribution is -2.32. The molecule has 0 aromatic carbocycles. The van der Waals surface area contributed by atoms with Crippen molar-refractivity contribution in [3.8, 4) is 0 Å². The van der Waals surface area contributed by atoms with Crippen molar-refractivity contribution in [1.29, 1.82) is 0 Å². The number of hydrogen-bond donors (Lipinski definition) is 1. The molecule has 0 aliphatic heterocycles. The molecule has 0 bridgehead atoms. The zero-order chi connectivity index (χ0) is 13.1. The largest absolute Gasteiger partial charge is 0.314 e. The van der Waals surface area contributed by atoms with Gasteiger partial charge in [-0.1, -0.05) is 45.6 Å². The summed E-state index contributed by atoms with van der Waals surface area (Å²) in [5, 5.41) is 3.65. The standard InChI is InChI=1S/C16H28N2/c1-3-5-6-7-10-15(17-12-4-2)14-16-11-8-9-13-18-16/h8-9,11,13,15,17H,3-7,10,12,14H2,1-2H3. The second kappa shape index (κ2) is 10.1. The predicted molar refractivity (Wildman–Crippen MR) is 78.8 cm³/mol. The number of aromatic nitrogens is 1. The van der Waals surface area contributed by atoms with Gasteiger partial charge in [0.15, 0.2) is 0 Å². The van der Waals surface area contributed by atoms with E-state index in [2.05, 4.69) is 36.3 Å². The first-order chi connectivity index (χ1) is 8.86. The summed E-state index contributed by atoms with van der Waals surface area (Å²) < 4.78 is 0. The molecule has 0 amide bonds. The van der Waals surface area contributed by atoms with Gasteiger partial charge in [0.2, 0.25) is 0 Å². The van der Waals surface area contributed by atoms with Crippen molar-refractivity contribution in [2.45, 2.75) is 64.8 Å². The van der Waals surface area contributed by atoms with Gasteiger partial charge in [-0.2, -0.15) is 0 Å². The molecule has 0 saturated heterocycles. The summed E-state index contributed by atoms with van der Waals surface area (Å²) in [6.45, 7) is 5.61. The third-order valence-electron chi connectivity index (χ3n) is 3.27. The molecule has 1 rings (SSSR count). The molecule has 1 atom stereocenters. The molecular formula is C16H28N2. The molecule has 1 aromatic rings. The van der Waals surface area contributed by atoms with Gasteiger partial charge in [-0.05, 0) is 31.5 Å². The van der Waals surface area contributed by atoms with Crippen molar-refractivity contribution in [3.05, 3.63) is 30.1 Å². The molecule has 0 aliphatic carbocycles. The Labute approximate surface area is 112 Å². The summed E-state index contributed by atoms with van der Waals surface area (Å²) in [4.78, 5) is 4.43. The van der Waals surface area contributed by atoms with Crippen molar-refractivity contribution in [3.63, 3.8) is 0 Å². The molecule has 0 radical (unpaired) electrons. The molecular weight excluding hydrogens is 220 g/mol. The number of hydrogen-bond acceptors (Lipinski definition) is 2. The normalized spacial score (nSPS) is 12.6. The maximum absolute atomic E-state index is 4.43. The van der Waals surface area contributed by atoms with Crippen LogP contribution in [0.25, 0.3) is 0 Å². The van der Waals surface area contributed by atoms with Crippen LogP contribution in [0.2, 0.25) is 0 Å². The maximum atomic E-state index is 4.43. The Bertz CT molecular complexity index is 284. The lowest BCUT2D eigenvalue weighted by Gasteiger charge is -2.18. The van der Waals surface area contributed by atoms with Crippen molar-refractivity contribution in [1.82, 2.24) is 10.3 Å². The van der Waals surface area contributed by atoms with Gasteiger partial charge in [-0.25, -0.2) is 0 Å². The van der Waals surface area contributed by atoms with Crippen LogP contribution in [-0.4, -0.2) is 17.6 Å². The molecule has 1 aromatic heterocycles. The highest BCUT2D eigenvalue weighted by atomic mass is 14.9. The average molecular weight is 248 g/mol. The predicted octanol–water partition coefficient (Wildman–Crippen LogP) is 3.96. The first kappa shape index (κ1) is 15.2. The Hall–Kier alpha value is -0.890. The Morgan fingerprint density at radius 3 is 2.67 bits per heavy atom. The van der Waals surface area contributed by atoms with E-state index in [0.717, 1.165) is 13.0 Å². The summed E-state index contributed by atoms with van der Waals surface area (Å²) in [7, 11) is 0. The van der Waals surface area contributed by atoms with E-state index in [4.69, 9.17) is 0 Å². The third-order valence-corrected chi connectivity index (χ3v) is 3.27. The minimum atomic E-state index is 0.594. The number of rotatable bonds is 10. The molecule has 102 valence electrons. The molecule has 0 aliphatic rings. The fourth-order valence-corrected chi connectivity index (χ4v) is 2.21. The molecule has 1 heterocycles. The lowest BCUT2D eigenvalue weighted by molar-refractivity contribution is 0.450. The Balaban J connectivity index is 2.35. The Kier molecular flexibility index (Phi) is 8.49. The highest BCUT2D eigenvalue weighted by molar-refractivity contribution is 5.05. The van der Waals surface area contributed by atoms with Gasteiger partial charge >= 0.3 is 0 Å². The van der Waals surface area contributed by atoms with E-state index >= 15 is 0 Å². The van der Waals surface area contributed by atoms with Crippen molar-refractivity contribution in [2.75, 3.05) is 6.54 Å². The zero-order valence-electron chi connectivity index (χ0n) is 12.0. The first-order valence-electron chi connectivity index (χ1n) is 7.50. The minimum absolute atomic E-state index is 0.594. The Morgan fingerprint density at radius 2 is 2.00 bits per heavy atom. The topological polar surface area (TPSA) is 24.9 Å². The lowest BCUT2D eigenvalue weighted by atomic mass is 10.0. The van der Waals surface area contributed by atoms with E-state index < -0.39 is 0 Å². The van der Waals surface area contributed by atoms with E-state index in [1.165, 1.54) is 44.2 Å². The number of nitrogens with zero attached hydrogens (tertiary/aromatic N) is 1. The van der Waals surface area contributed by atoms with Crippen LogP contribution >= 0.6 is 0 Å². The van der Waals surface area contributed by atoms with E-state index in [-0.39, 0.29) is 0 Å². The zero-order valence-corrected chi connectivity index (χ0v) is 12.0. The first-order valence-corrected chi connectivity index (χ1v) is 7.50. The molecule has 0 spiro atoms. The van der Waals surface area contributed by atoms with Crippen LogP contribution in [0.4, 0.5) is 0 Å². The fraction of sp³-hybridized carbons (Fsp3) is 0.688. The van der Waals surface area contributed by atoms with Gasteiger partial charge in [0.05, 0.1) is 0 Å². The summed E-state index contributed by atoms with van der Waals surface area (Å²) in [5.41, 5.74) is 1.21. The molecule has 18 heavy (non-hydrogen) atoms. The van der Waals surface area contributed by atoms with Crippen LogP contribution in [0, 0.1) is 0 Å². The summed E-state index contributed by atoms with van der Waals surface area (Å²) >= 11 is 0. The van der Waals surface area contributed by atoms with E-state index in [9.17, 15) is 0 Å². The molecule has 2 heteroatoms. The van der Waals surface area contributed by atoms with Crippen LogP contribution < -0.4 is 5.32 Å². The van der Waals surface area contributed by atoms with Crippen molar-refractivity contribution >= 4 is 0 Å². The van der Waals surface area contributed by atoms with Crippen LogP contribution in [0.3, 0.4) is 0 Å². The number of nitrogens with one attached hydrogen (secondary N) is 1. The van der Waals surface area contributed by atoms with Crippen molar-refractivity contribution in [2.24, 2.45) is 0 Å². The highest BCUT2D eigenvalue weighted by Gasteiger charge is 2.08. The average Bonchev–Trinajstić information content (AvgIpc) is 2.41. The van der Waals surface area contributed by atoms with Crippen molar-refractivity contribution < 1.29 is 0 Å². The summed E-state index contributed by atoms with van der Waals surface area (Å²) in [5.74, 6) is 0. The molecule has 0 saturated carbocycles. The van der Waals surface area contributed by atoms with Gasteiger partial charge < -0.3 is 5.32 Å². The smallest absolute Gasteiger partial charge is 0.0419 e. The summed E-state index contributed by atoms with van der Waals surface area (Å²) in [6.07, 6.45) is 10.8. The third kappa shape index (κ3) is 6.75. The van der Waals surface area contributed by atoms with Gasteiger partial charge in [-0.3, -0.25) is 4.98 Å². The quantitative estimate of drug-likeness (QED) is 0.634. The fourth-order valence-electron chi connectivity index (χ4n) is 2.21. The van der Waals surface area contributed by atoms with Crippen LogP contribution in [0.15, 0.2) is 24.4 Å². The Morgan fingerprint density at radius 1 is 1.11 bits per heavy atom. The second-order valence-corrected chi connectivity index (χ2v) is 5.03. The monoisotopic (exact) mass is 248 g/mol. The van der Waals surface area contributed by atoms with Gasteiger partial charge in [0, 0.05) is 24.4 Å². The van der Waals surface area contributed by atoms with E-state index in [1.54, 1.807) is 0 Å². The van der Waals surface area contributed by atoms with Gasteiger partial charge in [0.1, 0.15) is 0 Å². The minimum Gasteiger partial charge on any atom is -0.314 e. The molecule has 1 unspecified atom stereocenters. The van der Waals surface area contributed by atoms with Crippen LogP contribution in [0.5, 0.6) is 0 Å². The van der Waals surface area contributed by atoms with Crippen LogP contribution in [0.1, 0.15) is 58.1 Å². The van der Waals surface area contributed by atoms with Gasteiger partial charge in [-0.15, -0.1) is 0 Å².